The van der Waals surface area contributed by atoms with Crippen LogP contribution in [-0.4, -0.2) is 21.8 Å². The van der Waals surface area contributed by atoms with Crippen molar-refractivity contribution in [3.05, 3.63) is 39.9 Å². The molecule has 4 nitrogen and oxygen atoms in total. The Morgan fingerprint density at radius 3 is 3.07 bits per heavy atom. The second kappa shape index (κ2) is 4.61. The number of hydrogen-bond acceptors (Lipinski definition) is 3. The highest BCUT2D eigenvalue weighted by molar-refractivity contribution is 14.1. The molecule has 0 aliphatic heterocycles. The fraction of sp³-hybridized carbons (Fsp3) is 0.200. The maximum Gasteiger partial charge on any atom is 0.125 e. The summed E-state index contributed by atoms with van der Waals surface area (Å²) >= 11 is 2.25. The van der Waals surface area contributed by atoms with Crippen molar-refractivity contribution in [1.29, 1.82) is 0 Å². The van der Waals surface area contributed by atoms with Gasteiger partial charge in [-0.1, -0.05) is 0 Å². The van der Waals surface area contributed by atoms with Crippen LogP contribution in [0.1, 0.15) is 5.56 Å². The van der Waals surface area contributed by atoms with E-state index in [1.165, 1.54) is 5.56 Å². The van der Waals surface area contributed by atoms with E-state index >= 15 is 0 Å². The first kappa shape index (κ1) is 10.4. The van der Waals surface area contributed by atoms with Crippen molar-refractivity contribution in [3.63, 3.8) is 0 Å². The molecule has 5 heteroatoms. The van der Waals surface area contributed by atoms with E-state index in [0.717, 1.165) is 15.9 Å². The van der Waals surface area contributed by atoms with E-state index in [2.05, 4.69) is 38.0 Å². The van der Waals surface area contributed by atoms with Gasteiger partial charge in [-0.25, -0.2) is 4.98 Å². The lowest BCUT2D eigenvalue weighted by Crippen LogP contribution is -2.01. The second-order valence-electron chi connectivity index (χ2n) is 3.16. The number of rotatable bonds is 3. The van der Waals surface area contributed by atoms with E-state index in [0.29, 0.717) is 0 Å². The monoisotopic (exact) mass is 314 g/mol. The average Bonchev–Trinajstić information content (AvgIpc) is 2.64. The number of anilines is 1. The van der Waals surface area contributed by atoms with E-state index < -0.39 is 0 Å². The van der Waals surface area contributed by atoms with Gasteiger partial charge in [-0.3, -0.25) is 4.68 Å². The molecule has 0 fully saturated rings. The number of nitrogens with one attached hydrogen (secondary N) is 1. The molecule has 2 aromatic rings. The number of halogens is 1. The molecule has 0 spiro atoms. The maximum atomic E-state index is 4.23. The van der Waals surface area contributed by atoms with Gasteiger partial charge in [0.2, 0.25) is 0 Å². The zero-order valence-electron chi connectivity index (χ0n) is 8.31. The van der Waals surface area contributed by atoms with Gasteiger partial charge in [0.25, 0.3) is 0 Å². The Morgan fingerprint density at radius 1 is 1.53 bits per heavy atom. The molecule has 0 amide bonds. The quantitative estimate of drug-likeness (QED) is 0.881. The van der Waals surface area contributed by atoms with Crippen molar-refractivity contribution < 1.29 is 0 Å². The van der Waals surface area contributed by atoms with Crippen molar-refractivity contribution in [2.75, 3.05) is 12.4 Å². The van der Waals surface area contributed by atoms with Crippen molar-refractivity contribution in [1.82, 2.24) is 14.8 Å². The minimum atomic E-state index is 0.778. The Morgan fingerprint density at radius 2 is 2.40 bits per heavy atom. The highest BCUT2D eigenvalue weighted by Gasteiger charge is 1.98. The van der Waals surface area contributed by atoms with Crippen LogP contribution in [0.3, 0.4) is 0 Å². The lowest BCUT2D eigenvalue weighted by atomic mass is 10.2. The van der Waals surface area contributed by atoms with E-state index in [4.69, 9.17) is 0 Å². The average molecular weight is 314 g/mol. The van der Waals surface area contributed by atoms with Crippen LogP contribution >= 0.6 is 22.6 Å². The largest absolute Gasteiger partial charge is 0.373 e. The van der Waals surface area contributed by atoms with Gasteiger partial charge in [-0.15, -0.1) is 0 Å². The lowest BCUT2D eigenvalue weighted by Gasteiger charge is -2.03. The molecule has 0 aliphatic carbocycles. The summed E-state index contributed by atoms with van der Waals surface area (Å²) in [5.41, 5.74) is 1.19. The highest BCUT2D eigenvalue weighted by Crippen LogP contribution is 2.08. The Bertz CT molecular complexity index is 452. The number of aromatic nitrogens is 3. The Balaban J connectivity index is 2.16. The molecule has 2 heterocycles. The summed E-state index contributed by atoms with van der Waals surface area (Å²) in [7, 11) is 1.86. The van der Waals surface area contributed by atoms with Gasteiger partial charge in [0.15, 0.2) is 0 Å². The molecule has 2 rings (SSSR count). The van der Waals surface area contributed by atoms with Gasteiger partial charge in [0.1, 0.15) is 5.82 Å². The zero-order valence-corrected chi connectivity index (χ0v) is 10.5. The summed E-state index contributed by atoms with van der Waals surface area (Å²) in [6.45, 7) is 0.778. The van der Waals surface area contributed by atoms with E-state index in [1.54, 1.807) is 6.20 Å². The molecule has 2 aromatic heterocycles. The molecule has 0 atom stereocenters. The Hall–Kier alpha value is -1.11. The minimum absolute atomic E-state index is 0.778. The van der Waals surface area contributed by atoms with Crippen molar-refractivity contribution in [3.8, 4) is 0 Å². The van der Waals surface area contributed by atoms with E-state index in [-0.39, 0.29) is 0 Å². The molecule has 0 saturated carbocycles. The van der Waals surface area contributed by atoms with Crippen LogP contribution < -0.4 is 5.32 Å². The summed E-state index contributed by atoms with van der Waals surface area (Å²) in [4.78, 5) is 4.16. The fourth-order valence-corrected chi connectivity index (χ4v) is 1.77. The summed E-state index contributed by atoms with van der Waals surface area (Å²) in [6.07, 6.45) is 5.66. The molecule has 0 radical (unpaired) electrons. The number of pyridine rings is 1. The fourth-order valence-electron chi connectivity index (χ4n) is 1.32. The smallest absolute Gasteiger partial charge is 0.125 e. The normalized spacial score (nSPS) is 10.3. The summed E-state index contributed by atoms with van der Waals surface area (Å²) in [6, 6.07) is 4.02. The van der Waals surface area contributed by atoms with E-state index in [9.17, 15) is 0 Å². The predicted octanol–water partition coefficient (Wildman–Crippen LogP) is 1.97. The van der Waals surface area contributed by atoms with Crippen molar-refractivity contribution in [2.45, 2.75) is 6.54 Å². The van der Waals surface area contributed by atoms with Crippen LogP contribution in [-0.2, 0) is 6.54 Å². The molecule has 1 N–H and O–H groups in total. The maximum absolute atomic E-state index is 4.23. The number of hydrogen-bond donors (Lipinski definition) is 1. The van der Waals surface area contributed by atoms with Crippen molar-refractivity contribution in [2.24, 2.45) is 0 Å². The summed E-state index contributed by atoms with van der Waals surface area (Å²) in [5.74, 6) is 0.884. The third-order valence-electron chi connectivity index (χ3n) is 2.03. The van der Waals surface area contributed by atoms with Crippen LogP contribution in [0.15, 0.2) is 30.7 Å². The van der Waals surface area contributed by atoms with Crippen LogP contribution in [0.2, 0.25) is 0 Å². The Labute approximate surface area is 102 Å². The predicted molar refractivity (Wildman–Crippen MR) is 67.8 cm³/mol. The van der Waals surface area contributed by atoms with Gasteiger partial charge >= 0.3 is 0 Å². The van der Waals surface area contributed by atoms with Crippen LogP contribution in [0.25, 0.3) is 0 Å². The van der Waals surface area contributed by atoms with Crippen LogP contribution in [0, 0.1) is 3.57 Å². The molecular weight excluding hydrogens is 303 g/mol. The molecule has 78 valence electrons. The summed E-state index contributed by atoms with van der Waals surface area (Å²) < 4.78 is 3.06. The SMILES string of the molecule is CNc1cc(Cn2cc(I)cn2)ccn1. The molecule has 0 bridgehead atoms. The molecule has 0 aliphatic rings. The van der Waals surface area contributed by atoms with Gasteiger partial charge < -0.3 is 5.32 Å². The van der Waals surface area contributed by atoms with Gasteiger partial charge in [-0.05, 0) is 40.3 Å². The third-order valence-corrected chi connectivity index (χ3v) is 2.58. The first-order valence-corrected chi connectivity index (χ1v) is 5.66. The minimum Gasteiger partial charge on any atom is -0.373 e. The molecule has 0 saturated heterocycles. The third kappa shape index (κ3) is 2.68. The molecule has 0 unspecified atom stereocenters. The second-order valence-corrected chi connectivity index (χ2v) is 4.40. The highest BCUT2D eigenvalue weighted by atomic mass is 127. The van der Waals surface area contributed by atoms with Gasteiger partial charge in [0, 0.05) is 19.4 Å². The van der Waals surface area contributed by atoms with Crippen LogP contribution in [0.5, 0.6) is 0 Å². The zero-order chi connectivity index (χ0) is 10.7. The summed E-state index contributed by atoms with van der Waals surface area (Å²) in [5, 5.41) is 7.25. The first-order chi connectivity index (χ1) is 7.28. The molecule has 0 aromatic carbocycles. The molecular formula is C10H11IN4. The lowest BCUT2D eigenvalue weighted by molar-refractivity contribution is 0.686. The Kier molecular flexibility index (Phi) is 3.20. The van der Waals surface area contributed by atoms with Gasteiger partial charge in [-0.2, -0.15) is 5.10 Å². The molecule has 15 heavy (non-hydrogen) atoms. The number of nitrogens with zero attached hydrogens (tertiary/aromatic N) is 3. The standard InChI is InChI=1S/C10H11IN4/c1-12-10-4-8(2-3-13-10)6-15-7-9(11)5-14-15/h2-5,7H,6H2,1H3,(H,12,13). The first-order valence-electron chi connectivity index (χ1n) is 4.58. The van der Waals surface area contributed by atoms with E-state index in [1.807, 2.05) is 36.3 Å². The van der Waals surface area contributed by atoms with Crippen LogP contribution in [0.4, 0.5) is 5.82 Å². The van der Waals surface area contributed by atoms with Crippen molar-refractivity contribution >= 4 is 28.4 Å². The topological polar surface area (TPSA) is 42.7 Å². The van der Waals surface area contributed by atoms with Gasteiger partial charge in [0.05, 0.1) is 16.3 Å².